The highest BCUT2D eigenvalue weighted by Gasteiger charge is 2.25. The molecule has 3 heterocycles. The summed E-state index contributed by atoms with van der Waals surface area (Å²) < 4.78 is 3.54. The largest absolute Gasteiger partial charge is 0.396 e. The number of aliphatic hydroxyl groups excluding tert-OH is 1. The summed E-state index contributed by atoms with van der Waals surface area (Å²) in [7, 11) is 1.64. The van der Waals surface area contributed by atoms with Crippen LogP contribution >= 0.6 is 0 Å². The molecular weight excluding hydrogens is 380 g/mol. The monoisotopic (exact) mass is 411 g/mol. The second-order valence-electron chi connectivity index (χ2n) is 7.87. The van der Waals surface area contributed by atoms with E-state index in [1.165, 1.54) is 12.8 Å². The van der Waals surface area contributed by atoms with E-state index in [9.17, 15) is 5.11 Å². The van der Waals surface area contributed by atoms with Crippen LogP contribution in [0.5, 0.6) is 0 Å². The number of aryl methyl sites for hydroxylation is 1. The SMILES string of the molecule is CCc1cnn2c(NCc3ccc[n+](OC)c3)cc(N[C@H]3CCCC[C@H]3CO)nc12. The average molecular weight is 412 g/mol. The number of aliphatic hydroxyl groups is 1. The van der Waals surface area contributed by atoms with Crippen molar-refractivity contribution in [3.63, 3.8) is 0 Å². The summed E-state index contributed by atoms with van der Waals surface area (Å²) in [5.74, 6) is 1.98. The lowest BCUT2D eigenvalue weighted by molar-refractivity contribution is -0.885. The molecule has 3 aromatic rings. The predicted molar refractivity (Wildman–Crippen MR) is 115 cm³/mol. The van der Waals surface area contributed by atoms with Crippen molar-refractivity contribution in [2.24, 2.45) is 5.92 Å². The summed E-state index contributed by atoms with van der Waals surface area (Å²) >= 11 is 0. The van der Waals surface area contributed by atoms with E-state index >= 15 is 0 Å². The van der Waals surface area contributed by atoms with Crippen molar-refractivity contribution in [3.05, 3.63) is 47.9 Å². The van der Waals surface area contributed by atoms with Crippen molar-refractivity contribution < 1.29 is 14.7 Å². The summed E-state index contributed by atoms with van der Waals surface area (Å²) in [5, 5.41) is 21.4. The van der Waals surface area contributed by atoms with E-state index in [1.807, 2.05) is 35.2 Å². The topological polar surface area (TPSA) is 87.6 Å². The quantitative estimate of drug-likeness (QED) is 0.493. The van der Waals surface area contributed by atoms with Gasteiger partial charge in [-0.3, -0.25) is 4.84 Å². The summed E-state index contributed by atoms with van der Waals surface area (Å²) in [6, 6.07) is 6.26. The molecule has 160 valence electrons. The number of rotatable bonds is 8. The van der Waals surface area contributed by atoms with Gasteiger partial charge in [0.05, 0.1) is 6.20 Å². The van der Waals surface area contributed by atoms with Crippen molar-refractivity contribution in [1.82, 2.24) is 14.6 Å². The summed E-state index contributed by atoms with van der Waals surface area (Å²) in [4.78, 5) is 10.1. The van der Waals surface area contributed by atoms with Crippen molar-refractivity contribution in [2.75, 3.05) is 24.4 Å². The van der Waals surface area contributed by atoms with Crippen LogP contribution in [0.3, 0.4) is 0 Å². The number of fused-ring (bicyclic) bond motifs is 1. The Hall–Kier alpha value is -2.87. The number of nitrogens with one attached hydrogen (secondary N) is 2. The van der Waals surface area contributed by atoms with Gasteiger partial charge in [-0.15, -0.1) is 0 Å². The Morgan fingerprint density at radius 2 is 2.20 bits per heavy atom. The van der Waals surface area contributed by atoms with Crippen LogP contribution in [0.4, 0.5) is 11.6 Å². The first kappa shape index (κ1) is 20.4. The van der Waals surface area contributed by atoms with Crippen LogP contribution in [0.25, 0.3) is 5.65 Å². The number of hydrogen-bond acceptors (Lipinski definition) is 6. The predicted octanol–water partition coefficient (Wildman–Crippen LogP) is 2.21. The highest BCUT2D eigenvalue weighted by atomic mass is 16.6. The molecule has 3 aromatic heterocycles. The zero-order valence-electron chi connectivity index (χ0n) is 17.7. The molecule has 0 aliphatic heterocycles. The molecule has 4 rings (SSSR count). The van der Waals surface area contributed by atoms with E-state index in [-0.39, 0.29) is 18.6 Å². The molecule has 1 aliphatic carbocycles. The molecule has 3 N–H and O–H groups in total. The first-order valence-electron chi connectivity index (χ1n) is 10.8. The van der Waals surface area contributed by atoms with Gasteiger partial charge >= 0.3 is 0 Å². The Morgan fingerprint density at radius 1 is 1.33 bits per heavy atom. The zero-order valence-corrected chi connectivity index (χ0v) is 17.7. The Kier molecular flexibility index (Phi) is 6.32. The molecule has 0 saturated heterocycles. The molecule has 1 saturated carbocycles. The van der Waals surface area contributed by atoms with Gasteiger partial charge in [-0.2, -0.15) is 9.61 Å². The number of aromatic nitrogens is 4. The van der Waals surface area contributed by atoms with Crippen LogP contribution in [0.2, 0.25) is 0 Å². The minimum absolute atomic E-state index is 0.214. The van der Waals surface area contributed by atoms with E-state index in [2.05, 4.69) is 28.7 Å². The third-order valence-corrected chi connectivity index (χ3v) is 5.92. The molecule has 0 amide bonds. The van der Waals surface area contributed by atoms with Gasteiger partial charge in [0.25, 0.3) is 0 Å². The first-order valence-corrected chi connectivity index (χ1v) is 10.8. The second kappa shape index (κ2) is 9.30. The van der Waals surface area contributed by atoms with Crippen molar-refractivity contribution in [2.45, 2.75) is 51.6 Å². The molecule has 0 spiro atoms. The molecule has 1 fully saturated rings. The fourth-order valence-electron chi connectivity index (χ4n) is 4.18. The van der Waals surface area contributed by atoms with Crippen LogP contribution in [-0.2, 0) is 13.0 Å². The smallest absolute Gasteiger partial charge is 0.227 e. The standard InChI is InChI=1S/C22H31N6O2/c1-3-17-13-24-28-21(23-12-16-7-6-10-27(14-16)30-2)11-20(26-22(17)28)25-19-9-5-4-8-18(19)15-29/h6-7,10-11,13-14,18-19,23,29H,3-5,8-9,12,15H2,1-2H3,(H,25,26)/q+1/t18-,19-/m0/s1. The molecule has 0 bridgehead atoms. The van der Waals surface area contributed by atoms with Crippen LogP contribution in [-0.4, -0.2) is 39.5 Å². The zero-order chi connectivity index (χ0) is 20.9. The van der Waals surface area contributed by atoms with E-state index < -0.39 is 0 Å². The highest BCUT2D eigenvalue weighted by Crippen LogP contribution is 2.28. The molecule has 8 nitrogen and oxygen atoms in total. The molecule has 0 aromatic carbocycles. The maximum atomic E-state index is 9.77. The Morgan fingerprint density at radius 3 is 3.00 bits per heavy atom. The van der Waals surface area contributed by atoms with E-state index in [4.69, 9.17) is 9.82 Å². The van der Waals surface area contributed by atoms with Crippen molar-refractivity contribution in [3.8, 4) is 0 Å². The minimum Gasteiger partial charge on any atom is -0.396 e. The fourth-order valence-corrected chi connectivity index (χ4v) is 4.18. The first-order chi connectivity index (χ1) is 14.7. The van der Waals surface area contributed by atoms with Gasteiger partial charge in [-0.25, -0.2) is 4.98 Å². The second-order valence-corrected chi connectivity index (χ2v) is 7.87. The van der Waals surface area contributed by atoms with Gasteiger partial charge in [-0.1, -0.05) is 19.8 Å². The minimum atomic E-state index is 0.214. The van der Waals surface area contributed by atoms with Crippen LogP contribution in [0.15, 0.2) is 36.8 Å². The van der Waals surface area contributed by atoms with Gasteiger partial charge in [0.1, 0.15) is 18.7 Å². The fraction of sp³-hybridized carbons (Fsp3) is 0.500. The number of nitrogens with zero attached hydrogens (tertiary/aromatic N) is 4. The normalized spacial score (nSPS) is 19.0. The summed E-state index contributed by atoms with van der Waals surface area (Å²) in [5.41, 5.74) is 3.07. The lowest BCUT2D eigenvalue weighted by Crippen LogP contribution is -2.40. The van der Waals surface area contributed by atoms with Gasteiger partial charge in [0, 0.05) is 53.1 Å². The molecule has 0 radical (unpaired) electrons. The van der Waals surface area contributed by atoms with E-state index in [0.29, 0.717) is 6.54 Å². The molecule has 30 heavy (non-hydrogen) atoms. The maximum Gasteiger partial charge on any atom is 0.227 e. The van der Waals surface area contributed by atoms with Gasteiger partial charge in [-0.05, 0) is 25.3 Å². The Labute approximate surface area is 176 Å². The molecule has 8 heteroatoms. The summed E-state index contributed by atoms with van der Waals surface area (Å²) in [6.45, 7) is 2.96. The van der Waals surface area contributed by atoms with E-state index in [0.717, 1.165) is 47.7 Å². The number of anilines is 2. The summed E-state index contributed by atoms with van der Waals surface area (Å²) in [6.07, 6.45) is 11.0. The lowest BCUT2D eigenvalue weighted by Gasteiger charge is -2.31. The molecule has 2 atom stereocenters. The Balaban J connectivity index is 1.61. The van der Waals surface area contributed by atoms with Crippen molar-refractivity contribution in [1.29, 1.82) is 0 Å². The maximum absolute atomic E-state index is 9.77. The van der Waals surface area contributed by atoms with E-state index in [1.54, 1.807) is 11.8 Å². The van der Waals surface area contributed by atoms with Crippen LogP contribution < -0.4 is 20.2 Å². The van der Waals surface area contributed by atoms with Crippen molar-refractivity contribution >= 4 is 17.3 Å². The number of hydrogen-bond donors (Lipinski definition) is 3. The molecular formula is C22H31N6O2+. The van der Waals surface area contributed by atoms with Gasteiger partial charge in [0.15, 0.2) is 5.65 Å². The molecule has 0 unspecified atom stereocenters. The van der Waals surface area contributed by atoms with Crippen LogP contribution in [0, 0.1) is 5.92 Å². The highest BCUT2D eigenvalue weighted by molar-refractivity contribution is 5.60. The molecule has 1 aliphatic rings. The Bertz CT molecular complexity index is 989. The third kappa shape index (κ3) is 4.33. The lowest BCUT2D eigenvalue weighted by atomic mass is 9.85. The average Bonchev–Trinajstić information content (AvgIpc) is 3.21. The van der Waals surface area contributed by atoms with Gasteiger partial charge < -0.3 is 15.7 Å². The number of pyridine rings is 1. The third-order valence-electron chi connectivity index (χ3n) is 5.92. The van der Waals surface area contributed by atoms with Gasteiger partial charge in [0.2, 0.25) is 12.4 Å². The van der Waals surface area contributed by atoms with Crippen LogP contribution in [0.1, 0.15) is 43.7 Å².